The molecule has 1 fully saturated rings. The van der Waals surface area contributed by atoms with Gasteiger partial charge in [-0.2, -0.15) is 17.6 Å². The summed E-state index contributed by atoms with van der Waals surface area (Å²) in [6, 6.07) is 12.4. The number of anilines is 1. The van der Waals surface area contributed by atoms with Crippen molar-refractivity contribution in [3.8, 4) is 22.8 Å². The van der Waals surface area contributed by atoms with Gasteiger partial charge in [0.2, 0.25) is 6.29 Å². The van der Waals surface area contributed by atoms with Crippen molar-refractivity contribution in [2.45, 2.75) is 63.5 Å². The summed E-state index contributed by atoms with van der Waals surface area (Å²) in [6.45, 7) is 4.50. The molecule has 0 bridgehead atoms. The molecule has 1 aromatic heterocycles. The number of rotatable bonds is 10. The number of alkyl halides is 4. The Morgan fingerprint density at radius 1 is 1.00 bits per heavy atom. The van der Waals surface area contributed by atoms with E-state index in [9.17, 15) is 17.6 Å². The van der Waals surface area contributed by atoms with Crippen LogP contribution in [0.3, 0.4) is 0 Å². The zero-order valence-electron chi connectivity index (χ0n) is 24.0. The smallest absolute Gasteiger partial charge is 0.450 e. The van der Waals surface area contributed by atoms with E-state index >= 15 is 0 Å². The molecule has 1 N–H and O–H groups in total. The lowest BCUT2D eigenvalue weighted by Crippen LogP contribution is -2.60. The molecule has 4 rings (SSSR count). The summed E-state index contributed by atoms with van der Waals surface area (Å²) in [5, 5.41) is 7.48. The Morgan fingerprint density at radius 3 is 2.23 bits per heavy atom. The first-order valence-electron chi connectivity index (χ1n) is 13.2. The summed E-state index contributed by atoms with van der Waals surface area (Å²) in [5.41, 5.74) is 1.80. The first-order valence-corrected chi connectivity index (χ1v) is 13.6. The number of aromatic nitrogens is 3. The Kier molecular flexibility index (Phi) is 10.2. The minimum Gasteiger partial charge on any atom is -0.450 e. The van der Waals surface area contributed by atoms with Gasteiger partial charge in [0.1, 0.15) is 30.4 Å². The zero-order valence-corrected chi connectivity index (χ0v) is 24.8. The summed E-state index contributed by atoms with van der Waals surface area (Å²) in [6.07, 6.45) is -6.25. The summed E-state index contributed by atoms with van der Waals surface area (Å²) >= 11 is 5.40. The van der Waals surface area contributed by atoms with Crippen LogP contribution in [0.5, 0.6) is 5.75 Å². The Hall–Kier alpha value is -3.37. The first kappa shape index (κ1) is 32.5. The van der Waals surface area contributed by atoms with Crippen molar-refractivity contribution < 1.29 is 46.0 Å². The molecule has 0 aliphatic carbocycles. The highest BCUT2D eigenvalue weighted by molar-refractivity contribution is 7.80. The minimum atomic E-state index is -5.17. The van der Waals surface area contributed by atoms with E-state index in [1.165, 1.54) is 42.4 Å². The lowest BCUT2D eigenvalue weighted by Gasteiger charge is -2.43. The number of nitrogens with zero attached hydrogens (tertiary/aromatic N) is 3. The molecule has 0 saturated carbocycles. The lowest BCUT2D eigenvalue weighted by molar-refractivity contribution is -0.293. The molecule has 0 spiro atoms. The van der Waals surface area contributed by atoms with Crippen LogP contribution in [0.25, 0.3) is 17.1 Å². The Balaban J connectivity index is 1.37. The van der Waals surface area contributed by atoms with Crippen LogP contribution < -0.4 is 10.1 Å². The van der Waals surface area contributed by atoms with Crippen LogP contribution >= 0.6 is 12.2 Å². The van der Waals surface area contributed by atoms with Gasteiger partial charge >= 0.3 is 12.0 Å². The molecule has 1 aliphatic heterocycles. The number of ether oxygens (including phenoxy) is 6. The van der Waals surface area contributed by atoms with Gasteiger partial charge in [-0.3, -0.25) is 0 Å². The maximum atomic E-state index is 13.8. The second-order valence-electron chi connectivity index (χ2n) is 9.66. The largest absolute Gasteiger partial charge is 0.459 e. The van der Waals surface area contributed by atoms with E-state index in [-0.39, 0.29) is 23.1 Å². The summed E-state index contributed by atoms with van der Waals surface area (Å²) < 4.78 is 86.8. The fraction of sp³-hybridized carbons (Fsp3) is 0.464. The predicted octanol–water partition coefficient (Wildman–Crippen LogP) is 5.45. The highest BCUT2D eigenvalue weighted by atomic mass is 32.1. The van der Waals surface area contributed by atoms with Gasteiger partial charge < -0.3 is 33.7 Å². The van der Waals surface area contributed by atoms with Gasteiger partial charge in [0.05, 0.1) is 11.8 Å². The molecule has 10 nitrogen and oxygen atoms in total. The van der Waals surface area contributed by atoms with E-state index in [2.05, 4.69) is 20.1 Å². The van der Waals surface area contributed by atoms with E-state index in [0.29, 0.717) is 36.3 Å². The fourth-order valence-corrected chi connectivity index (χ4v) is 4.66. The number of nitrogens with one attached hydrogen (secondary N) is 1. The Morgan fingerprint density at radius 2 is 1.65 bits per heavy atom. The molecule has 1 unspecified atom stereocenters. The van der Waals surface area contributed by atoms with Crippen LogP contribution in [0, 0.1) is 0 Å². The maximum absolute atomic E-state index is 13.8. The minimum absolute atomic E-state index is 0.0660. The second-order valence-corrected chi connectivity index (χ2v) is 10.0. The molecule has 43 heavy (non-hydrogen) atoms. The van der Waals surface area contributed by atoms with Crippen LogP contribution in [-0.2, 0) is 23.7 Å². The SMILES string of the molecule is CCO[C@@H]1[C@@H](OC)[C@H](C)O[C@@H](OC(=S)Nc2ccc(-c3ncn(-c4ccc(OC(C)(F)C(F)(F)F)cc4)n3)cc2)[C@@H]1OC. The monoisotopic (exact) mass is 628 g/mol. The molecular formula is C28H32F4N4O6S. The van der Waals surface area contributed by atoms with Crippen LogP contribution in [0.15, 0.2) is 54.9 Å². The maximum Gasteiger partial charge on any atom is 0.459 e. The quantitative estimate of drug-likeness (QED) is 0.231. The number of benzene rings is 2. The average Bonchev–Trinajstić information content (AvgIpc) is 3.44. The zero-order chi connectivity index (χ0) is 31.4. The van der Waals surface area contributed by atoms with Gasteiger partial charge in [0.15, 0.2) is 5.82 Å². The first-order chi connectivity index (χ1) is 20.4. The van der Waals surface area contributed by atoms with Gasteiger partial charge in [-0.15, -0.1) is 5.10 Å². The Bertz CT molecular complexity index is 1360. The van der Waals surface area contributed by atoms with Crippen molar-refractivity contribution in [3.05, 3.63) is 54.9 Å². The predicted molar refractivity (Wildman–Crippen MR) is 152 cm³/mol. The third-order valence-corrected chi connectivity index (χ3v) is 6.85. The highest BCUT2D eigenvalue weighted by Crippen LogP contribution is 2.36. The van der Waals surface area contributed by atoms with Crippen molar-refractivity contribution in [1.29, 1.82) is 0 Å². The molecular weight excluding hydrogens is 596 g/mol. The van der Waals surface area contributed by atoms with Crippen LogP contribution in [-0.4, -0.2) is 83.5 Å². The van der Waals surface area contributed by atoms with Crippen LogP contribution in [0.2, 0.25) is 0 Å². The number of hydrogen-bond donors (Lipinski definition) is 1. The third-order valence-electron chi connectivity index (χ3n) is 6.65. The molecule has 2 heterocycles. The molecule has 3 aromatic rings. The van der Waals surface area contributed by atoms with Crippen LogP contribution in [0.1, 0.15) is 20.8 Å². The molecule has 1 saturated heterocycles. The van der Waals surface area contributed by atoms with E-state index in [1.807, 2.05) is 13.8 Å². The fourth-order valence-electron chi connectivity index (χ4n) is 4.44. The molecule has 1 aliphatic rings. The summed E-state index contributed by atoms with van der Waals surface area (Å²) in [4.78, 5) is 4.29. The molecule has 234 valence electrons. The van der Waals surface area contributed by atoms with Gasteiger partial charge in [-0.05, 0) is 74.6 Å². The third kappa shape index (κ3) is 7.59. The number of methoxy groups -OCH3 is 2. The molecule has 15 heteroatoms. The van der Waals surface area contributed by atoms with E-state index in [0.717, 1.165) is 0 Å². The van der Waals surface area contributed by atoms with E-state index in [1.54, 1.807) is 31.4 Å². The summed E-state index contributed by atoms with van der Waals surface area (Å²) in [7, 11) is 3.12. The number of thiocarbonyl (C=S) groups is 1. The highest BCUT2D eigenvalue weighted by Gasteiger charge is 2.55. The van der Waals surface area contributed by atoms with Crippen LogP contribution in [0.4, 0.5) is 23.2 Å². The molecule has 0 amide bonds. The average molecular weight is 629 g/mol. The van der Waals surface area contributed by atoms with Gasteiger partial charge in [-0.1, -0.05) is 0 Å². The van der Waals surface area contributed by atoms with Crippen molar-refractivity contribution in [1.82, 2.24) is 14.8 Å². The van der Waals surface area contributed by atoms with Gasteiger partial charge in [0, 0.05) is 39.0 Å². The molecule has 2 aromatic carbocycles. The molecule has 0 radical (unpaired) electrons. The van der Waals surface area contributed by atoms with Gasteiger partial charge in [-0.25, -0.2) is 9.67 Å². The number of hydrogen-bond acceptors (Lipinski definition) is 9. The Labute approximate surface area is 251 Å². The topological polar surface area (TPSA) is 98.1 Å². The molecule has 6 atom stereocenters. The second kappa shape index (κ2) is 13.5. The summed E-state index contributed by atoms with van der Waals surface area (Å²) in [5.74, 6) is -3.71. The van der Waals surface area contributed by atoms with Crippen molar-refractivity contribution >= 4 is 23.1 Å². The number of halogens is 4. The van der Waals surface area contributed by atoms with E-state index < -0.39 is 30.5 Å². The van der Waals surface area contributed by atoms with Crippen molar-refractivity contribution in [2.24, 2.45) is 0 Å². The van der Waals surface area contributed by atoms with Crippen molar-refractivity contribution in [3.63, 3.8) is 0 Å². The lowest BCUT2D eigenvalue weighted by atomic mass is 9.99. The van der Waals surface area contributed by atoms with Gasteiger partial charge in [0.25, 0.3) is 5.17 Å². The standard InChI is InChI=1S/C28H32F4N4O6S/c1-6-39-22-21(37-4)16(2)40-25(23(22)38-5)41-26(43)34-18-9-7-17(8-10-18)24-33-15-36(35-24)19-11-13-20(14-12-19)42-27(3,29)28(30,31)32/h7-16,21-23,25H,6H2,1-5H3,(H,34,43)/t16-,21-,22+,23+,25-,27?/m0/s1. The van der Waals surface area contributed by atoms with E-state index in [4.69, 9.17) is 35.9 Å². The van der Waals surface area contributed by atoms with Crippen molar-refractivity contribution in [2.75, 3.05) is 26.1 Å². The normalized spacial score (nSPS) is 23.8.